The van der Waals surface area contributed by atoms with Crippen molar-refractivity contribution in [3.63, 3.8) is 0 Å². The normalized spacial score (nSPS) is 11.4. The average Bonchev–Trinajstić information content (AvgIpc) is 3.78. The number of rotatable bonds is 15. The topological polar surface area (TPSA) is 44.9 Å². The van der Waals surface area contributed by atoms with Crippen molar-refractivity contribution in [3.8, 4) is 34.1 Å². The minimum atomic E-state index is 0. The number of hydrogen-bond donors (Lipinski definition) is 0. The van der Waals surface area contributed by atoms with Crippen LogP contribution in [0.5, 0.6) is 11.5 Å². The molecule has 0 bridgehead atoms. The zero-order valence-electron chi connectivity index (χ0n) is 32.7. The van der Waals surface area contributed by atoms with Gasteiger partial charge in [-0.25, -0.2) is 4.98 Å². The molecule has 0 aliphatic carbocycles. The zero-order chi connectivity index (χ0) is 36.9. The van der Waals surface area contributed by atoms with E-state index in [1.165, 1.54) is 17.5 Å². The van der Waals surface area contributed by atoms with Crippen LogP contribution in [0, 0.1) is 19.1 Å². The van der Waals surface area contributed by atoms with Gasteiger partial charge in [0.2, 0.25) is 0 Å². The van der Waals surface area contributed by atoms with Crippen LogP contribution in [0.2, 0.25) is 0 Å². The maximum atomic E-state index is 6.49. The molecule has 0 aliphatic rings. The van der Waals surface area contributed by atoms with Gasteiger partial charge in [0.1, 0.15) is 5.82 Å². The molecule has 3 heterocycles. The van der Waals surface area contributed by atoms with Gasteiger partial charge in [-0.3, -0.25) is 4.68 Å². The van der Waals surface area contributed by atoms with E-state index in [2.05, 4.69) is 107 Å². The molecule has 0 spiro atoms. The Labute approximate surface area is 336 Å². The summed E-state index contributed by atoms with van der Waals surface area (Å²) in [6.07, 6.45) is 17.5. The van der Waals surface area contributed by atoms with E-state index in [0.29, 0.717) is 11.5 Å². The molecule has 0 unspecified atom stereocenters. The molecule has 0 fully saturated rings. The predicted octanol–water partition coefficient (Wildman–Crippen LogP) is 12.5. The molecule has 0 atom stereocenters. The Kier molecular flexibility index (Phi) is 12.9. The number of para-hydroxylation sites is 1. The van der Waals surface area contributed by atoms with Crippen molar-refractivity contribution in [1.29, 1.82) is 0 Å². The quantitative estimate of drug-likeness (QED) is 0.0963. The average molecular weight is 896 g/mol. The summed E-state index contributed by atoms with van der Waals surface area (Å²) in [6, 6.07) is 29.8. The number of benzene rings is 4. The third kappa shape index (κ3) is 7.71. The number of fused-ring (bicyclic) bond motifs is 3. The smallest absolute Gasteiger partial charge is 0.509 e. The Morgan fingerprint density at radius 1 is 0.648 bits per heavy atom. The Hall–Kier alpha value is -4.47. The van der Waals surface area contributed by atoms with Gasteiger partial charge < -0.3 is 9.30 Å². The molecule has 7 rings (SSSR count). The minimum Gasteiger partial charge on any atom is -0.509 e. The molecule has 280 valence electrons. The van der Waals surface area contributed by atoms with Crippen LogP contribution in [-0.4, -0.2) is 19.3 Å². The van der Waals surface area contributed by atoms with Crippen LogP contribution in [0.1, 0.15) is 100 Å². The van der Waals surface area contributed by atoms with E-state index in [-0.39, 0.29) is 21.1 Å². The second-order valence-corrected chi connectivity index (χ2v) is 14.3. The minimum absolute atomic E-state index is 0. The molecule has 0 aliphatic heterocycles. The Bertz CT molecular complexity index is 2330. The predicted molar refractivity (Wildman–Crippen MR) is 220 cm³/mol. The molecule has 0 saturated carbocycles. The van der Waals surface area contributed by atoms with Crippen LogP contribution >= 0.6 is 0 Å². The van der Waals surface area contributed by atoms with Gasteiger partial charge in [-0.05, 0) is 107 Å². The van der Waals surface area contributed by atoms with Crippen molar-refractivity contribution < 1.29 is 25.8 Å². The Morgan fingerprint density at radius 2 is 1.28 bits per heavy atom. The molecule has 0 radical (unpaired) electrons. The van der Waals surface area contributed by atoms with Crippen LogP contribution < -0.4 is 4.74 Å². The molecular formula is C48H52N4OPt. The van der Waals surface area contributed by atoms with E-state index in [0.717, 1.165) is 96.7 Å². The van der Waals surface area contributed by atoms with Gasteiger partial charge >= 0.3 is 21.1 Å². The van der Waals surface area contributed by atoms with Gasteiger partial charge in [-0.1, -0.05) is 90.4 Å². The van der Waals surface area contributed by atoms with E-state index >= 15 is 0 Å². The molecular weight excluding hydrogens is 844 g/mol. The Morgan fingerprint density at radius 3 is 1.94 bits per heavy atom. The second kappa shape index (κ2) is 17.8. The molecule has 6 heteroatoms. The van der Waals surface area contributed by atoms with Crippen molar-refractivity contribution in [1.82, 2.24) is 19.3 Å². The first-order valence-electron chi connectivity index (χ1n) is 19.8. The maximum absolute atomic E-state index is 6.49. The number of aryl methyl sites for hydroxylation is 1. The van der Waals surface area contributed by atoms with Crippen LogP contribution in [-0.2, 0) is 53.2 Å². The van der Waals surface area contributed by atoms with Gasteiger partial charge in [0.25, 0.3) is 0 Å². The summed E-state index contributed by atoms with van der Waals surface area (Å²) >= 11 is 0. The second-order valence-electron chi connectivity index (χ2n) is 14.3. The van der Waals surface area contributed by atoms with E-state index in [4.69, 9.17) is 14.8 Å². The molecule has 7 aromatic rings. The molecule has 4 aromatic carbocycles. The Balaban J connectivity index is 0.00000497. The van der Waals surface area contributed by atoms with Gasteiger partial charge in [0.15, 0.2) is 0 Å². The SMILES string of the molecule is CCCc1c(CCC)c(CCC)c(-c2cnn(-c3[c-]c(Oc4[c-]c5c(cc4)c4ccccc4n5-c4cc(C)ccn4)ccc3)c2)c(CCC)c1CCC.[Pt+2]. The monoisotopic (exact) mass is 895 g/mol. The molecule has 5 nitrogen and oxygen atoms in total. The molecule has 0 amide bonds. The largest absolute Gasteiger partial charge is 2.00 e. The van der Waals surface area contributed by atoms with Gasteiger partial charge in [0.05, 0.1) is 6.20 Å². The van der Waals surface area contributed by atoms with Crippen LogP contribution in [0.15, 0.2) is 85.3 Å². The van der Waals surface area contributed by atoms with Crippen molar-refractivity contribution in [3.05, 3.63) is 131 Å². The zero-order valence-corrected chi connectivity index (χ0v) is 34.9. The number of ether oxygens (including phenoxy) is 1. The standard InChI is InChI=1S/C48H52N4O.Pt/c1-7-15-38-39(16-8-2)43(18-10-4)48(44(19-11-5)40(38)17-9-3)34-31-50-51(32-34)35-20-14-21-36(29-35)53-37-24-25-42-41-22-12-13-23-45(41)52(46(42)30-37)47-28-33(6)26-27-49-47;/h12-14,20-28,31-32H,7-11,15-19H2,1-6H3;/q-2;+2. The summed E-state index contributed by atoms with van der Waals surface area (Å²) in [5.74, 6) is 2.10. The number of aromatic nitrogens is 4. The van der Waals surface area contributed by atoms with Crippen LogP contribution in [0.3, 0.4) is 0 Å². The fraction of sp³-hybridized carbons (Fsp3) is 0.333. The van der Waals surface area contributed by atoms with E-state index < -0.39 is 0 Å². The first kappa shape index (κ1) is 39.2. The van der Waals surface area contributed by atoms with Crippen LogP contribution in [0.4, 0.5) is 0 Å². The van der Waals surface area contributed by atoms with Crippen LogP contribution in [0.25, 0.3) is 44.4 Å². The summed E-state index contributed by atoms with van der Waals surface area (Å²) in [4.78, 5) is 4.72. The van der Waals surface area contributed by atoms with E-state index in [1.54, 1.807) is 27.8 Å². The number of pyridine rings is 1. The van der Waals surface area contributed by atoms with Crippen molar-refractivity contribution in [2.45, 2.75) is 106 Å². The summed E-state index contributed by atoms with van der Waals surface area (Å²) in [6.45, 7) is 13.7. The third-order valence-corrected chi connectivity index (χ3v) is 10.3. The molecule has 54 heavy (non-hydrogen) atoms. The molecule has 0 saturated heterocycles. The van der Waals surface area contributed by atoms with E-state index in [9.17, 15) is 0 Å². The summed E-state index contributed by atoms with van der Waals surface area (Å²) in [7, 11) is 0. The van der Waals surface area contributed by atoms with Gasteiger partial charge in [-0.15, -0.1) is 35.7 Å². The molecule has 0 N–H and O–H groups in total. The fourth-order valence-corrected chi connectivity index (χ4v) is 8.23. The first-order chi connectivity index (χ1) is 26.0. The van der Waals surface area contributed by atoms with Crippen molar-refractivity contribution in [2.75, 3.05) is 0 Å². The number of hydrogen-bond acceptors (Lipinski definition) is 3. The molecule has 3 aromatic heterocycles. The van der Waals surface area contributed by atoms with E-state index in [1.807, 2.05) is 41.2 Å². The summed E-state index contributed by atoms with van der Waals surface area (Å²) in [5, 5.41) is 7.22. The van der Waals surface area contributed by atoms with Gasteiger partial charge in [-0.2, -0.15) is 17.2 Å². The fourth-order valence-electron chi connectivity index (χ4n) is 8.23. The third-order valence-electron chi connectivity index (χ3n) is 10.3. The van der Waals surface area contributed by atoms with Crippen molar-refractivity contribution >= 4 is 21.8 Å². The maximum Gasteiger partial charge on any atom is 2.00 e. The van der Waals surface area contributed by atoms with Crippen molar-refractivity contribution in [2.24, 2.45) is 0 Å². The summed E-state index contributed by atoms with van der Waals surface area (Å²) in [5.41, 5.74) is 14.6. The number of nitrogens with zero attached hydrogens (tertiary/aromatic N) is 4. The summed E-state index contributed by atoms with van der Waals surface area (Å²) < 4.78 is 10.6. The van der Waals surface area contributed by atoms with Gasteiger partial charge in [0, 0.05) is 35.0 Å². The first-order valence-corrected chi connectivity index (χ1v) is 19.8.